The number of carbonyl (C=O) groups excluding carboxylic acids is 2. The molecule has 0 unspecified atom stereocenters. The molecule has 0 bridgehead atoms. The maximum Gasteiger partial charge on any atom is 0.264 e. The maximum absolute atomic E-state index is 14.0. The zero-order chi connectivity index (χ0) is 30.3. The number of ether oxygens (including phenoxy) is 2. The number of nitrogens with one attached hydrogen (secondary N) is 1. The van der Waals surface area contributed by atoms with Crippen molar-refractivity contribution < 1.29 is 27.5 Å². The van der Waals surface area contributed by atoms with Crippen LogP contribution >= 0.6 is 23.2 Å². The molecule has 0 aliphatic rings. The molecule has 0 heterocycles. The molecule has 0 saturated heterocycles. The summed E-state index contributed by atoms with van der Waals surface area (Å²) < 4.78 is 39.5. The van der Waals surface area contributed by atoms with Crippen LogP contribution in [0, 0.1) is 0 Å². The largest absolute Gasteiger partial charge is 0.493 e. The first-order valence-electron chi connectivity index (χ1n) is 12.7. The third-order valence-corrected chi connectivity index (χ3v) is 8.58. The number of amides is 2. The number of benzene rings is 3. The van der Waals surface area contributed by atoms with Crippen LogP contribution in [0.2, 0.25) is 10.0 Å². The minimum Gasteiger partial charge on any atom is -0.493 e. The SMILES string of the molecule is COc1ccc(S(=O)(=O)N(CC(=O)N(Cc2ccc(Cl)cc2Cl)[C@H](C)C(=O)NC(C)C)c2ccccc2)cc1OC. The standard InChI is InChI=1S/C29H33Cl2N3O6S/c1-19(2)32-29(36)20(3)33(17-21-11-12-22(30)15-25(21)31)28(35)18-34(23-9-7-6-8-10-23)41(37,38)24-13-14-26(39-4)27(16-24)40-5/h6-16,19-20H,17-18H2,1-5H3,(H,32,36)/t20-/m1/s1. The van der Waals surface area contributed by atoms with E-state index in [0.717, 1.165) is 4.31 Å². The van der Waals surface area contributed by atoms with E-state index in [1.807, 2.05) is 0 Å². The van der Waals surface area contributed by atoms with Gasteiger partial charge >= 0.3 is 0 Å². The van der Waals surface area contributed by atoms with Gasteiger partial charge in [-0.3, -0.25) is 13.9 Å². The molecule has 0 aromatic heterocycles. The normalized spacial score (nSPS) is 12.0. The summed E-state index contributed by atoms with van der Waals surface area (Å²) in [5.41, 5.74) is 0.807. The molecule has 0 fully saturated rings. The van der Waals surface area contributed by atoms with Crippen molar-refractivity contribution in [3.63, 3.8) is 0 Å². The van der Waals surface area contributed by atoms with Crippen LogP contribution < -0.4 is 19.1 Å². The average Bonchev–Trinajstić information content (AvgIpc) is 2.94. The van der Waals surface area contributed by atoms with Gasteiger partial charge in [0.1, 0.15) is 12.6 Å². The molecule has 9 nitrogen and oxygen atoms in total. The summed E-state index contributed by atoms with van der Waals surface area (Å²) in [5, 5.41) is 3.53. The van der Waals surface area contributed by atoms with Crippen molar-refractivity contribution in [2.75, 3.05) is 25.1 Å². The third-order valence-electron chi connectivity index (χ3n) is 6.22. The summed E-state index contributed by atoms with van der Waals surface area (Å²) in [6, 6.07) is 16.1. The monoisotopic (exact) mass is 621 g/mol. The van der Waals surface area contributed by atoms with Crippen LogP contribution in [0.4, 0.5) is 5.69 Å². The van der Waals surface area contributed by atoms with E-state index in [1.165, 1.54) is 43.4 Å². The number of anilines is 1. The van der Waals surface area contributed by atoms with Crippen LogP contribution in [-0.2, 0) is 26.2 Å². The van der Waals surface area contributed by atoms with Gasteiger partial charge in [0.25, 0.3) is 10.0 Å². The van der Waals surface area contributed by atoms with Gasteiger partial charge < -0.3 is 19.7 Å². The molecule has 0 saturated carbocycles. The molecular formula is C29H33Cl2N3O6S. The second-order valence-corrected chi connectivity index (χ2v) is 12.2. The third kappa shape index (κ3) is 7.84. The van der Waals surface area contributed by atoms with Gasteiger partial charge in [0.15, 0.2) is 11.5 Å². The fourth-order valence-corrected chi connectivity index (χ4v) is 5.95. The summed E-state index contributed by atoms with van der Waals surface area (Å²) in [7, 11) is -1.44. The first-order chi connectivity index (χ1) is 19.4. The van der Waals surface area contributed by atoms with Crippen molar-refractivity contribution in [2.45, 2.75) is 44.3 Å². The molecular weight excluding hydrogens is 589 g/mol. The van der Waals surface area contributed by atoms with Gasteiger partial charge in [0.2, 0.25) is 11.8 Å². The minimum absolute atomic E-state index is 0.0550. The van der Waals surface area contributed by atoms with Crippen LogP contribution in [0.1, 0.15) is 26.3 Å². The second kappa shape index (κ2) is 13.9. The molecule has 3 aromatic carbocycles. The highest BCUT2D eigenvalue weighted by molar-refractivity contribution is 7.92. The molecule has 1 N–H and O–H groups in total. The van der Waals surface area contributed by atoms with E-state index in [9.17, 15) is 18.0 Å². The Kier molecular flexibility index (Phi) is 10.9. The lowest BCUT2D eigenvalue weighted by atomic mass is 10.1. The Morgan fingerprint density at radius 3 is 2.15 bits per heavy atom. The van der Waals surface area contributed by atoms with Crippen molar-refractivity contribution >= 4 is 50.7 Å². The number of sulfonamides is 1. The van der Waals surface area contributed by atoms with Gasteiger partial charge in [0, 0.05) is 28.7 Å². The van der Waals surface area contributed by atoms with E-state index in [1.54, 1.807) is 63.2 Å². The quantitative estimate of drug-likeness (QED) is 0.300. The Balaban J connectivity index is 2.06. The van der Waals surface area contributed by atoms with Crippen molar-refractivity contribution in [3.8, 4) is 11.5 Å². The van der Waals surface area contributed by atoms with Gasteiger partial charge in [-0.25, -0.2) is 8.42 Å². The Morgan fingerprint density at radius 2 is 1.56 bits per heavy atom. The molecule has 12 heteroatoms. The van der Waals surface area contributed by atoms with Crippen LogP contribution in [0.5, 0.6) is 11.5 Å². The van der Waals surface area contributed by atoms with E-state index in [4.69, 9.17) is 32.7 Å². The fourth-order valence-electron chi connectivity index (χ4n) is 4.05. The van der Waals surface area contributed by atoms with E-state index in [0.29, 0.717) is 21.4 Å². The van der Waals surface area contributed by atoms with E-state index in [-0.39, 0.29) is 28.9 Å². The first kappa shape index (κ1) is 32.0. The van der Waals surface area contributed by atoms with Crippen molar-refractivity contribution in [1.82, 2.24) is 10.2 Å². The van der Waals surface area contributed by atoms with Crippen LogP contribution in [0.15, 0.2) is 71.6 Å². The number of nitrogens with zero attached hydrogens (tertiary/aromatic N) is 2. The van der Waals surface area contributed by atoms with Crippen molar-refractivity contribution in [3.05, 3.63) is 82.3 Å². The number of carbonyl (C=O) groups is 2. The molecule has 0 spiro atoms. The van der Waals surface area contributed by atoms with Gasteiger partial charge in [-0.2, -0.15) is 0 Å². The second-order valence-electron chi connectivity index (χ2n) is 9.46. The minimum atomic E-state index is -4.29. The zero-order valence-corrected chi connectivity index (χ0v) is 25.8. The molecule has 0 radical (unpaired) electrons. The van der Waals surface area contributed by atoms with E-state index >= 15 is 0 Å². The molecule has 1 atom stereocenters. The smallest absolute Gasteiger partial charge is 0.264 e. The highest BCUT2D eigenvalue weighted by Crippen LogP contribution is 2.32. The maximum atomic E-state index is 14.0. The highest BCUT2D eigenvalue weighted by atomic mass is 35.5. The van der Waals surface area contributed by atoms with Crippen molar-refractivity contribution in [2.24, 2.45) is 0 Å². The van der Waals surface area contributed by atoms with Crippen LogP contribution in [0.25, 0.3) is 0 Å². The Hall–Kier alpha value is -3.47. The van der Waals surface area contributed by atoms with E-state index in [2.05, 4.69) is 5.32 Å². The van der Waals surface area contributed by atoms with Gasteiger partial charge in [-0.05, 0) is 62.7 Å². The number of hydrogen-bond donors (Lipinski definition) is 1. The lowest BCUT2D eigenvalue weighted by Gasteiger charge is -2.32. The highest BCUT2D eigenvalue weighted by Gasteiger charge is 2.33. The number of methoxy groups -OCH3 is 2. The molecule has 2 amide bonds. The van der Waals surface area contributed by atoms with Crippen molar-refractivity contribution in [1.29, 1.82) is 0 Å². The first-order valence-corrected chi connectivity index (χ1v) is 14.9. The zero-order valence-electron chi connectivity index (χ0n) is 23.4. The topological polar surface area (TPSA) is 105 Å². The van der Waals surface area contributed by atoms with Gasteiger partial charge in [-0.1, -0.05) is 47.5 Å². The summed E-state index contributed by atoms with van der Waals surface area (Å²) >= 11 is 12.5. The number of halogens is 2. The van der Waals surface area contributed by atoms with Crippen LogP contribution in [0.3, 0.4) is 0 Å². The van der Waals surface area contributed by atoms with Gasteiger partial charge in [-0.15, -0.1) is 0 Å². The molecule has 0 aliphatic carbocycles. The summed E-state index contributed by atoms with van der Waals surface area (Å²) in [6.07, 6.45) is 0. The summed E-state index contributed by atoms with van der Waals surface area (Å²) in [4.78, 5) is 28.2. The predicted molar refractivity (Wildman–Crippen MR) is 160 cm³/mol. The predicted octanol–water partition coefficient (Wildman–Crippen LogP) is 5.15. The molecule has 3 aromatic rings. The van der Waals surface area contributed by atoms with Gasteiger partial charge in [0.05, 0.1) is 24.8 Å². The molecule has 0 aliphatic heterocycles. The van der Waals surface area contributed by atoms with Crippen LogP contribution in [-0.4, -0.2) is 58.0 Å². The Labute approximate surface area is 251 Å². The number of rotatable bonds is 12. The summed E-state index contributed by atoms with van der Waals surface area (Å²) in [6.45, 7) is 4.54. The summed E-state index contributed by atoms with van der Waals surface area (Å²) in [5.74, 6) is -0.446. The van der Waals surface area contributed by atoms with E-state index < -0.39 is 34.4 Å². The lowest BCUT2D eigenvalue weighted by Crippen LogP contribution is -2.52. The molecule has 41 heavy (non-hydrogen) atoms. The fraction of sp³-hybridized carbons (Fsp3) is 0.310. The number of para-hydroxylation sites is 1. The molecule has 3 rings (SSSR count). The lowest BCUT2D eigenvalue weighted by molar-refractivity contribution is -0.139. The molecule has 220 valence electrons. The number of hydrogen-bond acceptors (Lipinski definition) is 6. The Bertz CT molecular complexity index is 1490. The average molecular weight is 623 g/mol. The Morgan fingerprint density at radius 1 is 0.902 bits per heavy atom.